The van der Waals surface area contributed by atoms with Gasteiger partial charge in [-0.25, -0.2) is 39.6 Å². The molecular weight excluding hydrogens is 1370 g/mol. The van der Waals surface area contributed by atoms with Crippen molar-refractivity contribution in [3.8, 4) is 159 Å². The lowest BCUT2D eigenvalue weighted by molar-refractivity contribution is 1.06. The smallest absolute Gasteiger partial charge is 0.187 e. The Kier molecular flexibility index (Phi) is 16.8. The van der Waals surface area contributed by atoms with Gasteiger partial charge in [0.25, 0.3) is 0 Å². The van der Waals surface area contributed by atoms with Gasteiger partial charge >= 0.3 is 0 Å². The van der Waals surface area contributed by atoms with Crippen LogP contribution in [0.15, 0.2) is 352 Å². The Balaban J connectivity index is 0.842. The van der Waals surface area contributed by atoms with Crippen molar-refractivity contribution in [2.24, 2.45) is 0 Å². The van der Waals surface area contributed by atoms with E-state index < -0.39 is 0 Å². The highest BCUT2D eigenvalue weighted by Gasteiger charge is 2.25. The summed E-state index contributed by atoms with van der Waals surface area (Å²) in [5.41, 5.74) is 23.7. The topological polar surface area (TPSA) is 144 Å². The van der Waals surface area contributed by atoms with Crippen LogP contribution in [0, 0.1) is 35.8 Å². The van der Waals surface area contributed by atoms with Gasteiger partial charge in [0.1, 0.15) is 0 Å². The van der Waals surface area contributed by atoms with Crippen molar-refractivity contribution in [1.82, 2.24) is 39.0 Å². The molecule has 15 aromatic carbocycles. The van der Waals surface area contributed by atoms with E-state index in [-0.39, 0.29) is 0 Å². The first-order valence-corrected chi connectivity index (χ1v) is 36.5. The van der Waals surface area contributed by atoms with E-state index in [0.29, 0.717) is 57.4 Å². The van der Waals surface area contributed by atoms with Crippen LogP contribution in [0.1, 0.15) is 11.1 Å². The van der Waals surface area contributed by atoms with E-state index in [1.54, 1.807) is 0 Å². The van der Waals surface area contributed by atoms with Gasteiger partial charge in [-0.15, -0.1) is 0 Å². The van der Waals surface area contributed by atoms with Crippen LogP contribution in [0.5, 0.6) is 0 Å². The maximum Gasteiger partial charge on any atom is 0.187 e. The Labute approximate surface area is 645 Å². The summed E-state index contributed by atoms with van der Waals surface area (Å²) in [4.78, 5) is 39.6. The molecule has 0 fully saturated rings. The van der Waals surface area contributed by atoms with Gasteiger partial charge in [0.2, 0.25) is 0 Å². The van der Waals surface area contributed by atoms with Crippen molar-refractivity contribution in [2.45, 2.75) is 0 Å². The van der Waals surface area contributed by atoms with E-state index in [1.807, 2.05) is 218 Å². The summed E-state index contributed by atoms with van der Waals surface area (Å²) in [5.74, 6) is 3.04. The highest BCUT2D eigenvalue weighted by atomic mass is 15.1. The third-order valence-corrected chi connectivity index (χ3v) is 20.6. The van der Waals surface area contributed by atoms with Crippen LogP contribution in [-0.4, -0.2) is 39.0 Å². The van der Waals surface area contributed by atoms with Gasteiger partial charge in [0, 0.05) is 60.6 Å². The van der Waals surface area contributed by atoms with Crippen molar-refractivity contribution in [1.29, 1.82) is 10.5 Å². The predicted molar refractivity (Wildman–Crippen MR) is 449 cm³/mol. The standard InChI is InChI=1S/C100H58N12/c1-103-82-36-18-34-73(52-82)77-40-45-92-87(58-77)88-59-78(74-35-19-37-83(53-74)104-2)41-46-93(88)112(92)94-47-42-79(60-89(94)100-109-97(67-26-11-5-12-27-67)106-98(110-100)68-28-13-6-14-29-68)71-32-17-33-72(50-71)80-51-81(99-107-95(65-22-7-3-8-23-65)105-96(108-99)66-24-9-4-10-25-66)55-84(54-80)111-90-43-38-75(69-30-15-20-63(48-69)61-101)56-85(90)86-57-76(39-44-91(86)111)70-31-16-21-64(49-70)62-102/h3-60H. The molecule has 12 heteroatoms. The summed E-state index contributed by atoms with van der Waals surface area (Å²) in [6.45, 7) is 15.8. The van der Waals surface area contributed by atoms with Crippen LogP contribution in [0.2, 0.25) is 0 Å². The number of nitrogens with zero attached hydrogens (tertiary/aromatic N) is 12. The molecule has 19 rings (SSSR count). The molecule has 0 amide bonds. The largest absolute Gasteiger partial charge is 0.309 e. The van der Waals surface area contributed by atoms with Crippen molar-refractivity contribution in [3.63, 3.8) is 0 Å². The molecule has 12 nitrogen and oxygen atoms in total. The zero-order chi connectivity index (χ0) is 75.2. The van der Waals surface area contributed by atoms with Crippen LogP contribution in [0.4, 0.5) is 11.4 Å². The second kappa shape index (κ2) is 28.3. The Morgan fingerprint density at radius 2 is 0.527 bits per heavy atom. The third kappa shape index (κ3) is 12.5. The minimum atomic E-state index is 0.465. The molecule has 112 heavy (non-hydrogen) atoms. The second-order valence-electron chi connectivity index (χ2n) is 27.5. The van der Waals surface area contributed by atoms with E-state index in [2.05, 4.69) is 164 Å². The average molecular weight is 1430 g/mol. The molecule has 19 aromatic rings. The number of hydrogen-bond donors (Lipinski definition) is 0. The molecule has 0 saturated heterocycles. The van der Waals surface area contributed by atoms with E-state index >= 15 is 0 Å². The fraction of sp³-hybridized carbons (Fsp3) is 0. The first-order valence-electron chi connectivity index (χ1n) is 36.5. The van der Waals surface area contributed by atoms with Gasteiger partial charge in [0.05, 0.1) is 64.2 Å². The molecule has 0 spiro atoms. The normalized spacial score (nSPS) is 11.2. The van der Waals surface area contributed by atoms with E-state index in [4.69, 9.17) is 43.0 Å². The molecule has 0 aliphatic heterocycles. The molecule has 0 unspecified atom stereocenters. The lowest BCUT2D eigenvalue weighted by Crippen LogP contribution is -2.04. The van der Waals surface area contributed by atoms with Crippen molar-refractivity contribution >= 4 is 55.0 Å². The molecule has 0 atom stereocenters. The number of aromatic nitrogens is 8. The van der Waals surface area contributed by atoms with E-state index in [0.717, 1.165) is 155 Å². The lowest BCUT2D eigenvalue weighted by Gasteiger charge is -2.17. The molecule has 0 aliphatic carbocycles. The molecular formula is C100H58N12. The monoisotopic (exact) mass is 1430 g/mol. The first kappa shape index (κ1) is 66.6. The van der Waals surface area contributed by atoms with Crippen molar-refractivity contribution in [2.75, 3.05) is 0 Å². The third-order valence-electron chi connectivity index (χ3n) is 20.6. The molecule has 0 saturated carbocycles. The van der Waals surface area contributed by atoms with Crippen LogP contribution in [0.3, 0.4) is 0 Å². The maximum atomic E-state index is 10.1. The average Bonchev–Trinajstić information content (AvgIpc) is 1.60. The van der Waals surface area contributed by atoms with Gasteiger partial charge < -0.3 is 9.13 Å². The molecule has 0 bridgehead atoms. The summed E-state index contributed by atoms with van der Waals surface area (Å²) in [6.07, 6.45) is 0. The molecule has 4 heterocycles. The Morgan fingerprint density at radius 3 is 0.929 bits per heavy atom. The summed E-state index contributed by atoms with van der Waals surface area (Å²) in [6, 6.07) is 123. The Bertz CT molecular complexity index is 6830. The number of rotatable bonds is 14. The fourth-order valence-corrected chi connectivity index (χ4v) is 15.2. The summed E-state index contributed by atoms with van der Waals surface area (Å²) < 4.78 is 4.62. The number of benzene rings is 15. The SMILES string of the molecule is [C-]#[N+]c1cccc(-c2ccc3c(c2)c2cc(-c4cccc([N+]#[C-])c4)ccc2n3-c2ccc(-c3cccc(-c4cc(-c5nc(-c6ccccc6)nc(-c6ccccc6)n5)cc(-n5c6ccc(-c7cccc(C#N)c7)cc6c6cc(-c7cccc(C#N)c7)ccc65)c4)c3)cc2-c2nc(-c3ccccc3)nc(-c3ccccc3)n2)c1. The zero-order valence-corrected chi connectivity index (χ0v) is 59.9. The summed E-state index contributed by atoms with van der Waals surface area (Å²) >= 11 is 0. The molecule has 0 N–H and O–H groups in total. The highest BCUT2D eigenvalue weighted by molar-refractivity contribution is 6.14. The maximum absolute atomic E-state index is 10.1. The van der Waals surface area contributed by atoms with Crippen LogP contribution < -0.4 is 0 Å². The quantitative estimate of drug-likeness (QED) is 0.0979. The lowest BCUT2D eigenvalue weighted by atomic mass is 9.95. The van der Waals surface area contributed by atoms with Gasteiger partial charge in [-0.2, -0.15) is 10.5 Å². The fourth-order valence-electron chi connectivity index (χ4n) is 15.2. The predicted octanol–water partition coefficient (Wildman–Crippen LogP) is 25.1. The van der Waals surface area contributed by atoms with Crippen LogP contribution in [0.25, 0.3) is 200 Å². The van der Waals surface area contributed by atoms with Crippen molar-refractivity contribution < 1.29 is 0 Å². The second-order valence-corrected chi connectivity index (χ2v) is 27.5. The highest BCUT2D eigenvalue weighted by Crippen LogP contribution is 2.45. The Morgan fingerprint density at radius 1 is 0.232 bits per heavy atom. The van der Waals surface area contributed by atoms with Gasteiger partial charge in [-0.3, -0.25) is 0 Å². The molecule has 4 aromatic heterocycles. The Hall–Kier alpha value is -16.1. The summed E-state index contributed by atoms with van der Waals surface area (Å²) in [7, 11) is 0. The van der Waals surface area contributed by atoms with Crippen LogP contribution in [-0.2, 0) is 0 Å². The van der Waals surface area contributed by atoms with Crippen molar-refractivity contribution in [3.05, 3.63) is 386 Å². The molecule has 518 valence electrons. The van der Waals surface area contributed by atoms with Crippen LogP contribution >= 0.6 is 0 Å². The number of nitriles is 2. The minimum Gasteiger partial charge on any atom is -0.309 e. The number of fused-ring (bicyclic) bond motifs is 6. The van der Waals surface area contributed by atoms with Gasteiger partial charge in [-0.1, -0.05) is 231 Å². The summed E-state index contributed by atoms with van der Waals surface area (Å²) in [5, 5.41) is 24.1. The first-order chi connectivity index (χ1) is 55.2. The number of hydrogen-bond acceptors (Lipinski definition) is 8. The molecule has 0 radical (unpaired) electrons. The van der Waals surface area contributed by atoms with Gasteiger partial charge in [0.15, 0.2) is 46.3 Å². The van der Waals surface area contributed by atoms with Gasteiger partial charge in [-0.05, 0) is 188 Å². The van der Waals surface area contributed by atoms with E-state index in [9.17, 15) is 10.5 Å². The minimum absolute atomic E-state index is 0.465. The zero-order valence-electron chi connectivity index (χ0n) is 59.9. The molecule has 0 aliphatic rings. The van der Waals surface area contributed by atoms with E-state index in [1.165, 1.54) is 0 Å².